The van der Waals surface area contributed by atoms with Gasteiger partial charge < -0.3 is 33.6 Å². The maximum absolute atomic E-state index is 13.9. The number of esters is 4. The molecule has 1 unspecified atom stereocenters. The lowest BCUT2D eigenvalue weighted by Crippen LogP contribution is -2.78. The van der Waals surface area contributed by atoms with E-state index in [9.17, 15) is 29.1 Å². The maximum atomic E-state index is 13.9. The SMILES string of the molecule is CC(=O)O[C@H]1C[C@@]2(O)[C@@H](OC(=O)c3ccccc3)C3[C@](C=O)([C@H](OC(C)=O)C(=C1C)C2(C)C)[C@@H](C)C[C@H]1OC[C@@]31OC(C)=O. The van der Waals surface area contributed by atoms with E-state index >= 15 is 0 Å². The fraction of sp³-hybridized carbons (Fsp3) is 0.606. The molecule has 0 spiro atoms. The van der Waals surface area contributed by atoms with Crippen molar-refractivity contribution in [3.05, 3.63) is 47.0 Å². The number of benzene rings is 1. The van der Waals surface area contributed by atoms with Gasteiger partial charge in [0.15, 0.2) is 5.60 Å². The molecule has 4 aliphatic rings. The average molecular weight is 613 g/mol. The van der Waals surface area contributed by atoms with Crippen molar-refractivity contribution >= 4 is 30.2 Å². The van der Waals surface area contributed by atoms with Crippen LogP contribution in [0.25, 0.3) is 0 Å². The molecule has 9 atom stereocenters. The lowest BCUT2D eigenvalue weighted by Gasteiger charge is -2.64. The van der Waals surface area contributed by atoms with Gasteiger partial charge in [-0.1, -0.05) is 39.0 Å². The van der Waals surface area contributed by atoms with Gasteiger partial charge in [0, 0.05) is 32.6 Å². The summed E-state index contributed by atoms with van der Waals surface area (Å²) in [6.07, 6.45) is -3.79. The quantitative estimate of drug-likeness (QED) is 0.218. The van der Waals surface area contributed by atoms with Gasteiger partial charge in [0.2, 0.25) is 0 Å². The molecular formula is C33H40O11. The van der Waals surface area contributed by atoms with Gasteiger partial charge in [-0.15, -0.1) is 0 Å². The zero-order valence-corrected chi connectivity index (χ0v) is 26.1. The molecule has 3 fully saturated rings. The topological polar surface area (TPSA) is 152 Å². The summed E-state index contributed by atoms with van der Waals surface area (Å²) in [6, 6.07) is 8.17. The number of rotatable bonds is 6. The highest BCUT2D eigenvalue weighted by Crippen LogP contribution is 2.68. The summed E-state index contributed by atoms with van der Waals surface area (Å²) in [6.45, 7) is 10.5. The van der Waals surface area contributed by atoms with Crippen LogP contribution >= 0.6 is 0 Å². The largest absolute Gasteiger partial charge is 0.458 e. The minimum atomic E-state index is -2.02. The molecule has 3 aliphatic carbocycles. The van der Waals surface area contributed by atoms with Crippen LogP contribution < -0.4 is 0 Å². The first-order chi connectivity index (χ1) is 20.6. The second-order valence-electron chi connectivity index (χ2n) is 13.2. The summed E-state index contributed by atoms with van der Waals surface area (Å²) in [7, 11) is 0. The van der Waals surface area contributed by atoms with E-state index in [2.05, 4.69) is 0 Å². The van der Waals surface area contributed by atoms with Gasteiger partial charge in [-0.25, -0.2) is 4.79 Å². The molecule has 0 radical (unpaired) electrons. The number of carbonyl (C=O) groups excluding carboxylic acids is 5. The molecule has 1 aliphatic heterocycles. The normalized spacial score (nSPS) is 38.5. The van der Waals surface area contributed by atoms with Crippen molar-refractivity contribution < 1.29 is 52.8 Å². The minimum absolute atomic E-state index is 0.141. The summed E-state index contributed by atoms with van der Waals surface area (Å²) < 4.78 is 30.1. The van der Waals surface area contributed by atoms with Gasteiger partial charge >= 0.3 is 23.9 Å². The second kappa shape index (κ2) is 10.8. The van der Waals surface area contributed by atoms with Crippen molar-refractivity contribution in [2.45, 2.75) is 96.9 Å². The van der Waals surface area contributed by atoms with Gasteiger partial charge in [-0.2, -0.15) is 0 Å². The number of ether oxygens (including phenoxy) is 5. The van der Waals surface area contributed by atoms with E-state index in [0.29, 0.717) is 17.4 Å². The van der Waals surface area contributed by atoms with Gasteiger partial charge in [0.1, 0.15) is 36.3 Å². The van der Waals surface area contributed by atoms with E-state index in [4.69, 9.17) is 23.7 Å². The van der Waals surface area contributed by atoms with E-state index in [1.807, 2.05) is 0 Å². The Morgan fingerprint density at radius 1 is 0.977 bits per heavy atom. The van der Waals surface area contributed by atoms with Crippen LogP contribution in [0.15, 0.2) is 41.5 Å². The molecular weight excluding hydrogens is 572 g/mol. The molecule has 1 N–H and O–H groups in total. The fourth-order valence-electron chi connectivity index (χ4n) is 8.50. The van der Waals surface area contributed by atoms with Crippen LogP contribution in [0.2, 0.25) is 0 Å². The molecule has 11 nitrogen and oxygen atoms in total. The van der Waals surface area contributed by atoms with Gasteiger partial charge in [-0.3, -0.25) is 14.4 Å². The number of fused-ring (bicyclic) bond motifs is 5. The molecule has 11 heteroatoms. The molecule has 0 aromatic heterocycles. The van der Waals surface area contributed by atoms with Crippen molar-refractivity contribution in [1.82, 2.24) is 0 Å². The van der Waals surface area contributed by atoms with Gasteiger partial charge in [0.05, 0.1) is 23.5 Å². The lowest BCUT2D eigenvalue weighted by atomic mass is 9.49. The minimum Gasteiger partial charge on any atom is -0.458 e. The molecule has 5 rings (SSSR count). The molecule has 1 aromatic carbocycles. The Labute approximate surface area is 256 Å². The molecule has 238 valence electrons. The third-order valence-electron chi connectivity index (χ3n) is 10.6. The van der Waals surface area contributed by atoms with Crippen molar-refractivity contribution in [2.24, 2.45) is 22.7 Å². The van der Waals surface area contributed by atoms with E-state index in [-0.39, 0.29) is 25.0 Å². The summed E-state index contributed by atoms with van der Waals surface area (Å²) in [4.78, 5) is 65.6. The van der Waals surface area contributed by atoms with E-state index in [0.717, 1.165) is 0 Å². The number of aliphatic hydroxyl groups is 1. The monoisotopic (exact) mass is 612 g/mol. The van der Waals surface area contributed by atoms with Crippen LogP contribution in [0, 0.1) is 22.7 Å². The van der Waals surface area contributed by atoms with Crippen molar-refractivity contribution in [3.8, 4) is 0 Å². The Morgan fingerprint density at radius 2 is 1.61 bits per heavy atom. The summed E-state index contributed by atoms with van der Waals surface area (Å²) in [5.41, 5.74) is -5.45. The first-order valence-electron chi connectivity index (χ1n) is 14.9. The number of hydrogen-bond acceptors (Lipinski definition) is 11. The highest BCUT2D eigenvalue weighted by Gasteiger charge is 2.80. The van der Waals surface area contributed by atoms with Crippen LogP contribution in [0.5, 0.6) is 0 Å². The Hall–Kier alpha value is -3.57. The Balaban J connectivity index is 1.89. The van der Waals surface area contributed by atoms with Crippen LogP contribution in [0.3, 0.4) is 0 Å². The number of hydrogen-bond donors (Lipinski definition) is 1. The predicted octanol–water partition coefficient (Wildman–Crippen LogP) is 3.11. The summed E-state index contributed by atoms with van der Waals surface area (Å²) in [5, 5.41) is 13.1. The van der Waals surface area contributed by atoms with Crippen LogP contribution in [-0.2, 0) is 42.9 Å². The van der Waals surface area contributed by atoms with Crippen LogP contribution in [0.1, 0.15) is 71.7 Å². The Morgan fingerprint density at radius 3 is 2.14 bits per heavy atom. The highest BCUT2D eigenvalue weighted by atomic mass is 16.6. The predicted molar refractivity (Wildman–Crippen MR) is 153 cm³/mol. The number of aldehydes is 1. The van der Waals surface area contributed by atoms with Gasteiger partial charge in [0.25, 0.3) is 0 Å². The molecule has 1 aromatic rings. The zero-order valence-electron chi connectivity index (χ0n) is 26.1. The Bertz CT molecular complexity index is 1420. The number of carbonyl (C=O) groups is 5. The first kappa shape index (κ1) is 31.8. The first-order valence-corrected chi connectivity index (χ1v) is 14.9. The second-order valence-corrected chi connectivity index (χ2v) is 13.2. The lowest BCUT2D eigenvalue weighted by molar-refractivity contribution is -0.338. The summed E-state index contributed by atoms with van der Waals surface area (Å²) >= 11 is 0. The standard InChI is InChI=1S/C33H40O11/c1-17-13-24-32(16-40-24,44-21(5)37)26-28(43-29(38)22-11-9-8-10-12-22)33(39)14-23(41-19(3)35)18(2)25(30(33,6)7)27(42-20(4)36)31(17,26)15-34/h8-12,15,17,23-24,26-28,39H,13-14,16H2,1-7H3/t17-,23-,24+,26?,27+,28-,31+,32-,33+/m0/s1. The molecule has 2 saturated carbocycles. The third-order valence-corrected chi connectivity index (χ3v) is 10.6. The zero-order chi connectivity index (χ0) is 32.4. The molecule has 0 amide bonds. The van der Waals surface area contributed by atoms with Crippen LogP contribution in [-0.4, -0.2) is 77.5 Å². The van der Waals surface area contributed by atoms with Crippen molar-refractivity contribution in [3.63, 3.8) is 0 Å². The highest BCUT2D eigenvalue weighted by molar-refractivity contribution is 5.89. The van der Waals surface area contributed by atoms with E-state index in [1.165, 1.54) is 20.8 Å². The summed E-state index contributed by atoms with van der Waals surface area (Å²) in [5.74, 6) is -4.55. The van der Waals surface area contributed by atoms with Gasteiger partial charge in [-0.05, 0) is 42.5 Å². The van der Waals surface area contributed by atoms with Crippen molar-refractivity contribution in [2.75, 3.05) is 6.61 Å². The molecule has 1 heterocycles. The third kappa shape index (κ3) is 4.42. The molecule has 44 heavy (non-hydrogen) atoms. The van der Waals surface area contributed by atoms with Crippen LogP contribution in [0.4, 0.5) is 0 Å². The van der Waals surface area contributed by atoms with Crippen molar-refractivity contribution in [1.29, 1.82) is 0 Å². The smallest absolute Gasteiger partial charge is 0.338 e. The Kier molecular flexibility index (Phi) is 7.82. The van der Waals surface area contributed by atoms with E-state index < -0.39 is 82.2 Å². The molecule has 1 saturated heterocycles. The maximum Gasteiger partial charge on any atom is 0.338 e. The van der Waals surface area contributed by atoms with E-state index in [1.54, 1.807) is 58.0 Å². The molecule has 2 bridgehead atoms. The average Bonchev–Trinajstić information content (AvgIpc) is 2.95. The fourth-order valence-corrected chi connectivity index (χ4v) is 8.50.